The predicted octanol–water partition coefficient (Wildman–Crippen LogP) is 5.79. The summed E-state index contributed by atoms with van der Waals surface area (Å²) in [5.74, 6) is -3.20. The zero-order valence-electron chi connectivity index (χ0n) is 24.2. The summed E-state index contributed by atoms with van der Waals surface area (Å²) in [5, 5.41) is 9.74. The van der Waals surface area contributed by atoms with Gasteiger partial charge in [-0.3, -0.25) is 4.79 Å². The normalized spacial score (nSPS) is 14.6. The van der Waals surface area contributed by atoms with Gasteiger partial charge in [0.2, 0.25) is 0 Å². The van der Waals surface area contributed by atoms with Gasteiger partial charge in [-0.05, 0) is 50.8 Å². The highest BCUT2D eigenvalue weighted by Gasteiger charge is 2.36. The zero-order valence-corrected chi connectivity index (χ0v) is 24.2. The number of carboxylic acids is 1. The number of carbonyl (C=O) groups excluding carboxylic acids is 3. The lowest BCUT2D eigenvalue weighted by Crippen LogP contribution is -2.42. The van der Waals surface area contributed by atoms with Gasteiger partial charge in [0.15, 0.2) is 11.5 Å². The van der Waals surface area contributed by atoms with Crippen molar-refractivity contribution >= 4 is 24.4 Å². The maximum absolute atomic E-state index is 12.3. The van der Waals surface area contributed by atoms with Crippen molar-refractivity contribution in [2.45, 2.75) is 97.8 Å². The van der Waals surface area contributed by atoms with E-state index in [0.717, 1.165) is 12.8 Å². The van der Waals surface area contributed by atoms with Crippen molar-refractivity contribution in [3.05, 3.63) is 23.8 Å². The van der Waals surface area contributed by atoms with Crippen molar-refractivity contribution in [1.29, 1.82) is 0 Å². The Balaban J connectivity index is 3.35. The van der Waals surface area contributed by atoms with E-state index in [9.17, 15) is 24.3 Å². The second kappa shape index (κ2) is 17.9. The molecule has 0 saturated carbocycles. The van der Waals surface area contributed by atoms with Crippen LogP contribution in [-0.4, -0.2) is 61.0 Å². The summed E-state index contributed by atoms with van der Waals surface area (Å²) in [4.78, 5) is 48.6. The molecule has 0 saturated heterocycles. The van der Waals surface area contributed by atoms with Gasteiger partial charge in [-0.1, -0.05) is 46.6 Å². The third kappa shape index (κ3) is 11.7. The van der Waals surface area contributed by atoms with Crippen LogP contribution in [0.2, 0.25) is 0 Å². The molecule has 0 radical (unpaired) electrons. The van der Waals surface area contributed by atoms with E-state index in [1.54, 1.807) is 20.8 Å². The summed E-state index contributed by atoms with van der Waals surface area (Å²) in [6.07, 6.45) is -0.642. The highest BCUT2D eigenvalue weighted by molar-refractivity contribution is 5.75. The second-order valence-corrected chi connectivity index (χ2v) is 9.47. The molecule has 1 aromatic carbocycles. The molecular formula is C28H43NO11. The summed E-state index contributed by atoms with van der Waals surface area (Å²) in [6, 6.07) is 2.73. The van der Waals surface area contributed by atoms with E-state index < -0.39 is 48.4 Å². The monoisotopic (exact) mass is 569 g/mol. The second-order valence-electron chi connectivity index (χ2n) is 9.47. The number of rotatable bonds is 16. The Kier molecular flexibility index (Phi) is 15.5. The van der Waals surface area contributed by atoms with Crippen LogP contribution in [0.1, 0.15) is 85.1 Å². The van der Waals surface area contributed by atoms with Crippen molar-refractivity contribution < 1.29 is 52.7 Å². The number of carboxylic acid groups (broad SMARTS) is 1. The molecule has 0 fully saturated rings. The first kappa shape index (κ1) is 34.5. The number of unbranched alkanes of at least 4 members (excludes halogenated alkanes) is 2. The van der Waals surface area contributed by atoms with Gasteiger partial charge < -0.3 is 39.3 Å². The van der Waals surface area contributed by atoms with Crippen LogP contribution in [0.25, 0.3) is 0 Å². The summed E-state index contributed by atoms with van der Waals surface area (Å²) < 4.78 is 31.2. The maximum atomic E-state index is 12.3. The van der Waals surface area contributed by atoms with E-state index >= 15 is 0 Å². The smallest absolute Gasteiger partial charge is 0.480 e. The Morgan fingerprint density at radius 2 is 1.38 bits per heavy atom. The number of nitrogens with two attached hydrogens (primary N) is 1. The number of aliphatic carboxylic acids is 1. The Bertz CT molecular complexity index is 968. The minimum atomic E-state index is -1.43. The fourth-order valence-electron chi connectivity index (χ4n) is 3.55. The maximum Gasteiger partial charge on any atom is 0.513 e. The molecule has 0 aliphatic rings. The lowest BCUT2D eigenvalue weighted by molar-refractivity contribution is -0.139. The fourth-order valence-corrected chi connectivity index (χ4v) is 3.55. The van der Waals surface area contributed by atoms with Crippen molar-refractivity contribution in [3.63, 3.8) is 0 Å². The Labute approximate surface area is 235 Å². The molecule has 0 aromatic heterocycles. The largest absolute Gasteiger partial charge is 0.513 e. The van der Waals surface area contributed by atoms with Gasteiger partial charge in [0.1, 0.15) is 18.2 Å². The molecule has 1 aromatic rings. The lowest BCUT2D eigenvalue weighted by atomic mass is 9.79. The molecule has 0 bridgehead atoms. The number of hydrogen-bond donors (Lipinski definition) is 2. The topological polar surface area (TPSA) is 170 Å². The van der Waals surface area contributed by atoms with Crippen LogP contribution in [0.5, 0.6) is 11.5 Å². The molecule has 0 amide bonds. The minimum Gasteiger partial charge on any atom is -0.480 e. The van der Waals surface area contributed by atoms with E-state index in [-0.39, 0.29) is 30.8 Å². The summed E-state index contributed by atoms with van der Waals surface area (Å²) >= 11 is 0. The van der Waals surface area contributed by atoms with E-state index in [1.165, 1.54) is 18.2 Å². The molecule has 4 unspecified atom stereocenters. The molecule has 226 valence electrons. The van der Waals surface area contributed by atoms with Crippen molar-refractivity contribution in [2.24, 2.45) is 11.7 Å². The highest BCUT2D eigenvalue weighted by atomic mass is 16.7. The first-order valence-electron chi connectivity index (χ1n) is 13.6. The molecule has 0 spiro atoms. The van der Waals surface area contributed by atoms with Gasteiger partial charge in [-0.15, -0.1) is 0 Å². The minimum absolute atomic E-state index is 0.120. The Morgan fingerprint density at radius 3 is 1.88 bits per heavy atom. The molecule has 12 heteroatoms. The lowest BCUT2D eigenvalue weighted by Gasteiger charge is -2.31. The number of carbonyl (C=O) groups is 4. The molecule has 40 heavy (non-hydrogen) atoms. The van der Waals surface area contributed by atoms with E-state index in [2.05, 4.69) is 0 Å². The van der Waals surface area contributed by atoms with E-state index in [4.69, 9.17) is 34.2 Å². The molecule has 5 atom stereocenters. The predicted molar refractivity (Wildman–Crippen MR) is 145 cm³/mol. The van der Waals surface area contributed by atoms with Crippen LogP contribution >= 0.6 is 0 Å². The third-order valence-corrected chi connectivity index (χ3v) is 6.31. The Hall–Kier alpha value is -3.54. The summed E-state index contributed by atoms with van der Waals surface area (Å²) in [5.41, 5.74) is 6.40. The van der Waals surface area contributed by atoms with Crippen LogP contribution in [0.3, 0.4) is 0 Å². The zero-order chi connectivity index (χ0) is 30.2. The fraction of sp³-hybridized carbons (Fsp3) is 0.643. The first-order chi connectivity index (χ1) is 18.9. The van der Waals surface area contributed by atoms with Crippen LogP contribution < -0.4 is 15.2 Å². The number of hydrogen-bond acceptors (Lipinski definition) is 11. The molecular weight excluding hydrogens is 526 g/mol. The first-order valence-corrected chi connectivity index (χ1v) is 13.6. The van der Waals surface area contributed by atoms with Crippen molar-refractivity contribution in [3.8, 4) is 11.5 Å². The van der Waals surface area contributed by atoms with Gasteiger partial charge in [-0.2, -0.15) is 0 Å². The van der Waals surface area contributed by atoms with Crippen LogP contribution in [-0.2, 0) is 23.7 Å². The van der Waals surface area contributed by atoms with Gasteiger partial charge in [0.25, 0.3) is 0 Å². The SMILES string of the molecule is CCCCOC(=O)Oc1ccc(C(C(C)C(C)OC(=O)OC(C)CC)[C@H](N)C(=O)O)cc1OC(=O)OCCCC. The molecule has 3 N–H and O–H groups in total. The highest BCUT2D eigenvalue weighted by Crippen LogP contribution is 2.37. The van der Waals surface area contributed by atoms with Crippen LogP contribution in [0.4, 0.5) is 14.4 Å². The van der Waals surface area contributed by atoms with Crippen LogP contribution in [0, 0.1) is 5.92 Å². The van der Waals surface area contributed by atoms with Crippen LogP contribution in [0.15, 0.2) is 18.2 Å². The van der Waals surface area contributed by atoms with Gasteiger partial charge in [-0.25, -0.2) is 14.4 Å². The molecule has 12 nitrogen and oxygen atoms in total. The third-order valence-electron chi connectivity index (χ3n) is 6.31. The summed E-state index contributed by atoms with van der Waals surface area (Å²) in [6.45, 7) is 11.0. The molecule has 0 aliphatic carbocycles. The standard InChI is InChI=1S/C28H43NO11/c1-7-10-14-35-26(32)39-21-13-12-20(16-22(21)40-27(33)36-15-11-8-2)23(24(29)25(30)31)18(5)19(6)38-28(34)37-17(4)9-3/h12-13,16-19,23-24H,7-11,14-15,29H2,1-6H3,(H,30,31)/t17?,18?,19?,23?,24-/m0/s1. The number of benzene rings is 1. The Morgan fingerprint density at radius 1 is 0.825 bits per heavy atom. The molecule has 1 rings (SSSR count). The molecule has 0 heterocycles. The quantitative estimate of drug-likeness (QED) is 0.106. The summed E-state index contributed by atoms with van der Waals surface area (Å²) in [7, 11) is 0. The van der Waals surface area contributed by atoms with Gasteiger partial charge in [0, 0.05) is 11.8 Å². The van der Waals surface area contributed by atoms with Gasteiger partial charge in [0.05, 0.1) is 13.2 Å². The van der Waals surface area contributed by atoms with Crippen molar-refractivity contribution in [1.82, 2.24) is 0 Å². The average molecular weight is 570 g/mol. The van der Waals surface area contributed by atoms with Crippen molar-refractivity contribution in [2.75, 3.05) is 13.2 Å². The van der Waals surface area contributed by atoms with E-state index in [0.29, 0.717) is 24.8 Å². The van der Waals surface area contributed by atoms with E-state index in [1.807, 2.05) is 20.8 Å². The number of ether oxygens (including phenoxy) is 6. The molecule has 0 aliphatic heterocycles. The average Bonchev–Trinajstić information content (AvgIpc) is 2.90. The van der Waals surface area contributed by atoms with Gasteiger partial charge >= 0.3 is 24.4 Å².